The molecule has 424 valence electrons. The molecule has 0 N–H and O–H groups in total. The Morgan fingerprint density at radius 3 is 0.851 bits per heavy atom. The summed E-state index contributed by atoms with van der Waals surface area (Å²) >= 11 is 0. The van der Waals surface area contributed by atoms with E-state index in [4.69, 9.17) is 14.2 Å². The zero-order valence-corrected chi connectivity index (χ0v) is 48.6. The molecule has 0 rings (SSSR count). The van der Waals surface area contributed by atoms with E-state index in [2.05, 4.69) is 118 Å². The zero-order chi connectivity index (χ0) is 53.6. The Labute approximate surface area is 457 Å². The van der Waals surface area contributed by atoms with Gasteiger partial charge in [-0.1, -0.05) is 272 Å². The summed E-state index contributed by atoms with van der Waals surface area (Å²) in [7, 11) is 0. The van der Waals surface area contributed by atoms with Crippen molar-refractivity contribution in [3.8, 4) is 0 Å². The molecule has 6 heteroatoms. The molecule has 0 aromatic heterocycles. The molecule has 1 atom stereocenters. The van der Waals surface area contributed by atoms with E-state index < -0.39 is 6.10 Å². The van der Waals surface area contributed by atoms with Crippen LogP contribution in [-0.2, 0) is 28.6 Å². The molecule has 0 amide bonds. The van der Waals surface area contributed by atoms with Crippen LogP contribution in [0.3, 0.4) is 0 Å². The monoisotopic (exact) mass is 1030 g/mol. The summed E-state index contributed by atoms with van der Waals surface area (Å²) in [6.45, 7) is 6.50. The van der Waals surface area contributed by atoms with Crippen LogP contribution in [0.2, 0.25) is 0 Å². The molecule has 0 aliphatic carbocycles. The highest BCUT2D eigenvalue weighted by Crippen LogP contribution is 2.16. The van der Waals surface area contributed by atoms with E-state index in [0.717, 1.165) is 128 Å². The van der Waals surface area contributed by atoms with Gasteiger partial charge in [-0.15, -0.1) is 0 Å². The number of ether oxygens (including phenoxy) is 3. The molecule has 0 heterocycles. The number of hydrogen-bond acceptors (Lipinski definition) is 6. The third-order valence-corrected chi connectivity index (χ3v) is 13.3. The molecule has 0 aromatic carbocycles. The summed E-state index contributed by atoms with van der Waals surface area (Å²) in [4.78, 5) is 38.2. The zero-order valence-electron chi connectivity index (χ0n) is 48.6. The first-order valence-electron chi connectivity index (χ1n) is 31.2. The first-order chi connectivity index (χ1) is 36.5. The first kappa shape index (κ1) is 70.3. The van der Waals surface area contributed by atoms with E-state index in [1.54, 1.807) is 0 Å². The lowest BCUT2D eigenvalue weighted by Crippen LogP contribution is -2.30. The molecule has 0 aromatic rings. The van der Waals surface area contributed by atoms with Gasteiger partial charge in [0.05, 0.1) is 0 Å². The van der Waals surface area contributed by atoms with Crippen LogP contribution < -0.4 is 0 Å². The van der Waals surface area contributed by atoms with E-state index in [-0.39, 0.29) is 31.1 Å². The van der Waals surface area contributed by atoms with E-state index in [1.165, 1.54) is 128 Å². The molecule has 0 spiro atoms. The van der Waals surface area contributed by atoms with Crippen molar-refractivity contribution in [2.45, 2.75) is 303 Å². The summed E-state index contributed by atoms with van der Waals surface area (Å²) in [5.41, 5.74) is 0. The highest BCUT2D eigenvalue weighted by Gasteiger charge is 2.19. The van der Waals surface area contributed by atoms with Gasteiger partial charge in [-0.3, -0.25) is 14.4 Å². The topological polar surface area (TPSA) is 78.9 Å². The smallest absolute Gasteiger partial charge is 0.306 e. The van der Waals surface area contributed by atoms with E-state index in [0.29, 0.717) is 19.3 Å². The van der Waals surface area contributed by atoms with Gasteiger partial charge >= 0.3 is 17.9 Å². The Bertz CT molecular complexity index is 1460. The van der Waals surface area contributed by atoms with Gasteiger partial charge in [0, 0.05) is 19.3 Å². The van der Waals surface area contributed by atoms with Crippen LogP contribution >= 0.6 is 0 Å². The fourth-order valence-electron chi connectivity index (χ4n) is 8.65. The first-order valence-corrected chi connectivity index (χ1v) is 31.2. The lowest BCUT2D eigenvalue weighted by Gasteiger charge is -2.18. The fourth-order valence-corrected chi connectivity index (χ4v) is 8.65. The Kier molecular flexibility index (Phi) is 58.8. The highest BCUT2D eigenvalue weighted by atomic mass is 16.6. The van der Waals surface area contributed by atoms with Crippen molar-refractivity contribution in [2.75, 3.05) is 13.2 Å². The minimum absolute atomic E-state index is 0.0833. The normalized spacial score (nSPS) is 12.7. The largest absolute Gasteiger partial charge is 0.462 e. The summed E-state index contributed by atoms with van der Waals surface area (Å²) in [6, 6.07) is 0. The predicted molar refractivity (Wildman–Crippen MR) is 320 cm³/mol. The minimum atomic E-state index is -0.788. The number of allylic oxidation sites excluding steroid dienone is 16. The second-order valence-electron chi connectivity index (χ2n) is 20.6. The molecule has 6 nitrogen and oxygen atoms in total. The van der Waals surface area contributed by atoms with Gasteiger partial charge in [-0.25, -0.2) is 0 Å². The maximum Gasteiger partial charge on any atom is 0.306 e. The second kappa shape index (κ2) is 61.9. The van der Waals surface area contributed by atoms with Gasteiger partial charge in [-0.2, -0.15) is 0 Å². The molecule has 1 unspecified atom stereocenters. The lowest BCUT2D eigenvalue weighted by atomic mass is 10.0. The van der Waals surface area contributed by atoms with Crippen LogP contribution in [-0.4, -0.2) is 37.2 Å². The third kappa shape index (κ3) is 59.2. The fraction of sp³-hybridized carbons (Fsp3) is 0.721. The minimum Gasteiger partial charge on any atom is -0.462 e. The molecule has 0 saturated carbocycles. The number of carbonyl (C=O) groups is 3. The number of esters is 3. The molecule has 0 saturated heterocycles. The number of carbonyl (C=O) groups excluding carboxylic acids is 3. The lowest BCUT2D eigenvalue weighted by molar-refractivity contribution is -0.167. The van der Waals surface area contributed by atoms with Crippen molar-refractivity contribution >= 4 is 17.9 Å². The molecule has 0 bridgehead atoms. The third-order valence-electron chi connectivity index (χ3n) is 13.3. The molecule has 0 fully saturated rings. The number of unbranched alkanes of at least 4 members (excludes halogenated alkanes) is 29. The van der Waals surface area contributed by atoms with Crippen molar-refractivity contribution in [3.63, 3.8) is 0 Å². The van der Waals surface area contributed by atoms with E-state index in [1.807, 2.05) is 0 Å². The van der Waals surface area contributed by atoms with Crippen LogP contribution in [0.1, 0.15) is 297 Å². The predicted octanol–water partition coefficient (Wildman–Crippen LogP) is 21.3. The Morgan fingerprint density at radius 2 is 0.527 bits per heavy atom. The van der Waals surface area contributed by atoms with Gasteiger partial charge in [0.2, 0.25) is 0 Å². The Balaban J connectivity index is 4.33. The van der Waals surface area contributed by atoms with Crippen LogP contribution in [0.5, 0.6) is 0 Å². The van der Waals surface area contributed by atoms with Gasteiger partial charge in [0.1, 0.15) is 13.2 Å². The molecule has 0 aliphatic rings. The van der Waals surface area contributed by atoms with Gasteiger partial charge < -0.3 is 14.2 Å². The maximum absolute atomic E-state index is 12.9. The summed E-state index contributed by atoms with van der Waals surface area (Å²) in [5.74, 6) is -0.897. The van der Waals surface area contributed by atoms with Crippen molar-refractivity contribution < 1.29 is 28.6 Å². The van der Waals surface area contributed by atoms with Gasteiger partial charge in [-0.05, 0) is 103 Å². The van der Waals surface area contributed by atoms with Crippen molar-refractivity contribution in [2.24, 2.45) is 0 Å². The summed E-state index contributed by atoms with van der Waals surface area (Å²) in [6.07, 6.45) is 82.6. The molecule has 74 heavy (non-hydrogen) atoms. The molecular weight excluding hydrogens is 913 g/mol. The average molecular weight is 1030 g/mol. The molecular formula is C68H116O6. The van der Waals surface area contributed by atoms with Crippen LogP contribution in [0.15, 0.2) is 97.2 Å². The maximum atomic E-state index is 12.9. The van der Waals surface area contributed by atoms with Gasteiger partial charge in [0.25, 0.3) is 0 Å². The van der Waals surface area contributed by atoms with Crippen molar-refractivity contribution in [1.29, 1.82) is 0 Å². The summed E-state index contributed by atoms with van der Waals surface area (Å²) in [5, 5.41) is 0. The number of rotatable bonds is 56. The second-order valence-corrected chi connectivity index (χ2v) is 20.6. The average Bonchev–Trinajstić information content (AvgIpc) is 3.40. The SMILES string of the molecule is CC/C=C\C/C=C\C/C=C\C/C=C\C/C=C\C/C=C\CCCCCCCCCCC(=O)OCC(COC(=O)CCCCCCCCCCCCCCCC)OC(=O)CCCCCCC/C=C\C/C=C\CCCCC. The van der Waals surface area contributed by atoms with E-state index >= 15 is 0 Å². The molecule has 0 radical (unpaired) electrons. The standard InChI is InChI=1S/C68H116O6/c1-4-7-10-13-16-19-22-25-28-29-30-31-32-33-34-35-36-37-38-39-41-43-46-49-52-55-58-61-67(70)73-64-65(63-72-66(69)60-57-54-51-48-45-42-27-24-21-18-15-12-9-6-3)74-68(71)62-59-56-53-50-47-44-40-26-23-20-17-14-11-8-5-2/h7,10,16-17,19-20,25-26,28,30-31,33-34,36-37,40,65H,4-6,8-9,11-15,18,21-24,27,29,32,35,38-39,41-64H2,1-3H3/b10-7-,19-16-,20-17-,28-25-,31-30-,34-33-,37-36-,40-26-. The van der Waals surface area contributed by atoms with Crippen LogP contribution in [0.4, 0.5) is 0 Å². The Morgan fingerprint density at radius 1 is 0.284 bits per heavy atom. The van der Waals surface area contributed by atoms with Gasteiger partial charge in [0.15, 0.2) is 6.10 Å². The van der Waals surface area contributed by atoms with Crippen molar-refractivity contribution in [3.05, 3.63) is 97.2 Å². The van der Waals surface area contributed by atoms with Crippen LogP contribution in [0, 0.1) is 0 Å². The Hall–Kier alpha value is -3.67. The summed E-state index contributed by atoms with van der Waals surface area (Å²) < 4.78 is 16.9. The van der Waals surface area contributed by atoms with Crippen molar-refractivity contribution in [1.82, 2.24) is 0 Å². The van der Waals surface area contributed by atoms with Crippen LogP contribution in [0.25, 0.3) is 0 Å². The highest BCUT2D eigenvalue weighted by molar-refractivity contribution is 5.71. The molecule has 0 aliphatic heterocycles. The quantitative estimate of drug-likeness (QED) is 0.0261. The number of hydrogen-bond donors (Lipinski definition) is 0. The van der Waals surface area contributed by atoms with E-state index in [9.17, 15) is 14.4 Å².